The van der Waals surface area contributed by atoms with E-state index < -0.39 is 0 Å². The van der Waals surface area contributed by atoms with Gasteiger partial charge < -0.3 is 0 Å². The summed E-state index contributed by atoms with van der Waals surface area (Å²) in [7, 11) is 0. The first-order chi connectivity index (χ1) is 7.70. The number of hydrogen-bond acceptors (Lipinski definition) is 2. The molecule has 0 spiro atoms. The molecule has 0 saturated heterocycles. The first kappa shape index (κ1) is 10.9. The maximum Gasteiger partial charge on any atom is 0.131 e. The van der Waals surface area contributed by atoms with E-state index in [0.717, 1.165) is 5.56 Å². The van der Waals surface area contributed by atoms with Gasteiger partial charge in [-0.05, 0) is 24.1 Å². The maximum absolute atomic E-state index is 6.05. The molecule has 2 nitrogen and oxygen atoms in total. The average Bonchev–Trinajstić information content (AvgIpc) is 2.29. The number of terminal acetylenes is 1. The van der Waals surface area contributed by atoms with Crippen LogP contribution in [0, 0.1) is 12.3 Å². The molecule has 0 atom stereocenters. The summed E-state index contributed by atoms with van der Waals surface area (Å²) in [5, 5.41) is 1.12. The summed E-state index contributed by atoms with van der Waals surface area (Å²) in [4.78, 5) is 8.22. The van der Waals surface area contributed by atoms with E-state index in [0.29, 0.717) is 21.4 Å². The van der Waals surface area contributed by atoms with E-state index in [9.17, 15) is 0 Å². The molecule has 1 heterocycles. The molecule has 0 radical (unpaired) electrons. The molecular formula is C12H6Cl2N2. The molecule has 0 bridgehead atoms. The molecule has 0 fully saturated rings. The Kier molecular flexibility index (Phi) is 3.09. The van der Waals surface area contributed by atoms with E-state index in [1.165, 1.54) is 6.20 Å². The van der Waals surface area contributed by atoms with Crippen LogP contribution in [0.15, 0.2) is 30.6 Å². The molecule has 2 rings (SSSR count). The minimum Gasteiger partial charge on any atom is -0.252 e. The second-order valence-electron chi connectivity index (χ2n) is 3.06. The first-order valence-electron chi connectivity index (χ1n) is 4.45. The normalized spacial score (nSPS) is 9.81. The van der Waals surface area contributed by atoms with E-state index in [1.54, 1.807) is 24.4 Å². The van der Waals surface area contributed by atoms with E-state index in [1.807, 2.05) is 0 Å². The fraction of sp³-hybridized carbons (Fsp3) is 0. The lowest BCUT2D eigenvalue weighted by atomic mass is 10.1. The third-order valence-electron chi connectivity index (χ3n) is 2.01. The number of halogens is 2. The molecule has 1 aromatic carbocycles. The smallest absolute Gasteiger partial charge is 0.131 e. The van der Waals surface area contributed by atoms with E-state index in [2.05, 4.69) is 15.9 Å². The third kappa shape index (κ3) is 2.16. The standard InChI is InChI=1S/C12H6Cl2N2/c1-2-9-6-16-12(7-15-9)10-4-3-8(13)5-11(10)14/h1,3-7H. The Balaban J connectivity index is 2.47. The lowest BCUT2D eigenvalue weighted by Gasteiger charge is -2.03. The van der Waals surface area contributed by atoms with Crippen LogP contribution in [0.1, 0.15) is 5.69 Å². The number of rotatable bonds is 1. The Bertz CT molecular complexity index is 556. The Labute approximate surface area is 103 Å². The highest BCUT2D eigenvalue weighted by Gasteiger charge is 2.05. The van der Waals surface area contributed by atoms with Gasteiger partial charge in [0.05, 0.1) is 23.1 Å². The fourth-order valence-electron chi connectivity index (χ4n) is 1.24. The number of nitrogens with zero attached hydrogens (tertiary/aromatic N) is 2. The number of aromatic nitrogens is 2. The molecule has 0 amide bonds. The zero-order chi connectivity index (χ0) is 11.5. The zero-order valence-corrected chi connectivity index (χ0v) is 9.63. The Hall–Kier alpha value is -1.56. The van der Waals surface area contributed by atoms with Gasteiger partial charge >= 0.3 is 0 Å². The highest BCUT2D eigenvalue weighted by molar-refractivity contribution is 6.36. The highest BCUT2D eigenvalue weighted by atomic mass is 35.5. The first-order valence-corrected chi connectivity index (χ1v) is 5.20. The second kappa shape index (κ2) is 4.52. The van der Waals surface area contributed by atoms with Crippen molar-refractivity contribution < 1.29 is 0 Å². The van der Waals surface area contributed by atoms with Gasteiger partial charge in [-0.15, -0.1) is 6.42 Å². The van der Waals surface area contributed by atoms with Crippen molar-refractivity contribution in [3.05, 3.63) is 46.3 Å². The average molecular weight is 249 g/mol. The van der Waals surface area contributed by atoms with Crippen molar-refractivity contribution in [2.75, 3.05) is 0 Å². The van der Waals surface area contributed by atoms with E-state index >= 15 is 0 Å². The van der Waals surface area contributed by atoms with Crippen molar-refractivity contribution in [1.29, 1.82) is 0 Å². The van der Waals surface area contributed by atoms with Crippen molar-refractivity contribution in [1.82, 2.24) is 9.97 Å². The molecule has 78 valence electrons. The van der Waals surface area contributed by atoms with Gasteiger partial charge in [-0.25, -0.2) is 4.98 Å². The minimum atomic E-state index is 0.494. The van der Waals surface area contributed by atoms with Crippen molar-refractivity contribution in [3.8, 4) is 23.6 Å². The summed E-state index contributed by atoms with van der Waals surface area (Å²) in [6.07, 6.45) is 8.31. The van der Waals surface area contributed by atoms with Crippen LogP contribution in [0.4, 0.5) is 0 Å². The van der Waals surface area contributed by atoms with Crippen LogP contribution in [-0.4, -0.2) is 9.97 Å². The predicted octanol–water partition coefficient (Wildman–Crippen LogP) is 3.43. The lowest BCUT2D eigenvalue weighted by molar-refractivity contribution is 1.18. The van der Waals surface area contributed by atoms with Gasteiger partial charge in [0.25, 0.3) is 0 Å². The quantitative estimate of drug-likeness (QED) is 0.723. The molecule has 0 N–H and O–H groups in total. The molecule has 0 saturated carbocycles. The molecular weight excluding hydrogens is 243 g/mol. The van der Waals surface area contributed by atoms with Crippen LogP contribution in [0.2, 0.25) is 10.0 Å². The van der Waals surface area contributed by atoms with Gasteiger partial charge in [0.1, 0.15) is 5.69 Å². The van der Waals surface area contributed by atoms with Gasteiger partial charge in [-0.2, -0.15) is 0 Å². The second-order valence-corrected chi connectivity index (χ2v) is 3.90. The molecule has 1 aromatic heterocycles. The van der Waals surface area contributed by atoms with Crippen LogP contribution < -0.4 is 0 Å². The summed E-state index contributed by atoms with van der Waals surface area (Å²) in [6.45, 7) is 0. The number of hydrogen-bond donors (Lipinski definition) is 0. The summed E-state index contributed by atoms with van der Waals surface area (Å²) in [5.74, 6) is 2.40. The predicted molar refractivity (Wildman–Crippen MR) is 65.4 cm³/mol. The largest absolute Gasteiger partial charge is 0.252 e. The molecule has 0 aliphatic carbocycles. The van der Waals surface area contributed by atoms with Gasteiger partial charge in [0.15, 0.2) is 0 Å². The molecule has 4 heteroatoms. The maximum atomic E-state index is 6.05. The summed E-state index contributed by atoms with van der Waals surface area (Å²) in [5.41, 5.74) is 1.94. The third-order valence-corrected chi connectivity index (χ3v) is 2.55. The van der Waals surface area contributed by atoms with Crippen LogP contribution >= 0.6 is 23.2 Å². The Morgan fingerprint density at radius 2 is 1.94 bits per heavy atom. The highest BCUT2D eigenvalue weighted by Crippen LogP contribution is 2.28. The van der Waals surface area contributed by atoms with Crippen molar-refractivity contribution in [2.24, 2.45) is 0 Å². The number of benzene rings is 1. The SMILES string of the molecule is C#Cc1cnc(-c2ccc(Cl)cc2Cl)cn1. The molecule has 0 unspecified atom stereocenters. The van der Waals surface area contributed by atoms with Crippen LogP contribution in [0.5, 0.6) is 0 Å². The van der Waals surface area contributed by atoms with Crippen LogP contribution in [0.3, 0.4) is 0 Å². The van der Waals surface area contributed by atoms with Crippen molar-refractivity contribution in [2.45, 2.75) is 0 Å². The van der Waals surface area contributed by atoms with E-state index in [-0.39, 0.29) is 0 Å². The van der Waals surface area contributed by atoms with Crippen LogP contribution in [0.25, 0.3) is 11.3 Å². The van der Waals surface area contributed by atoms with Gasteiger partial charge in [-0.3, -0.25) is 4.98 Å². The van der Waals surface area contributed by atoms with Crippen molar-refractivity contribution in [3.63, 3.8) is 0 Å². The molecule has 16 heavy (non-hydrogen) atoms. The van der Waals surface area contributed by atoms with Gasteiger partial charge in [0.2, 0.25) is 0 Å². The lowest BCUT2D eigenvalue weighted by Crippen LogP contribution is -1.89. The van der Waals surface area contributed by atoms with Gasteiger partial charge in [-0.1, -0.05) is 23.2 Å². The monoisotopic (exact) mass is 248 g/mol. The van der Waals surface area contributed by atoms with Gasteiger partial charge in [0, 0.05) is 10.6 Å². The minimum absolute atomic E-state index is 0.494. The Morgan fingerprint density at radius 1 is 1.12 bits per heavy atom. The van der Waals surface area contributed by atoms with Crippen molar-refractivity contribution >= 4 is 23.2 Å². The fourth-order valence-corrected chi connectivity index (χ4v) is 1.74. The molecule has 0 aliphatic rings. The van der Waals surface area contributed by atoms with Crippen LogP contribution in [-0.2, 0) is 0 Å². The topological polar surface area (TPSA) is 25.8 Å². The molecule has 2 aromatic rings. The summed E-state index contributed by atoms with van der Waals surface area (Å²) in [6, 6.07) is 5.21. The summed E-state index contributed by atoms with van der Waals surface area (Å²) < 4.78 is 0. The Morgan fingerprint density at radius 3 is 2.50 bits per heavy atom. The summed E-state index contributed by atoms with van der Waals surface area (Å²) >= 11 is 11.9. The van der Waals surface area contributed by atoms with E-state index in [4.69, 9.17) is 29.6 Å². The zero-order valence-electron chi connectivity index (χ0n) is 8.11. The molecule has 0 aliphatic heterocycles.